The van der Waals surface area contributed by atoms with Crippen LogP contribution in [-0.4, -0.2) is 38.1 Å². The average molecular weight is 419 g/mol. The first-order chi connectivity index (χ1) is 13.8. The van der Waals surface area contributed by atoms with Gasteiger partial charge in [0.05, 0.1) is 10.6 Å². The van der Waals surface area contributed by atoms with Crippen LogP contribution in [0.1, 0.15) is 63.9 Å². The Labute approximate surface area is 173 Å². The molecule has 0 radical (unpaired) electrons. The Bertz CT molecular complexity index is 901. The number of benzene rings is 1. The summed E-state index contributed by atoms with van der Waals surface area (Å²) in [6, 6.07) is 5.28. The number of hydrogen-bond acceptors (Lipinski definition) is 4. The van der Waals surface area contributed by atoms with Crippen molar-refractivity contribution in [1.82, 2.24) is 5.32 Å². The summed E-state index contributed by atoms with van der Waals surface area (Å²) in [5.74, 6) is -0.0814. The maximum atomic E-state index is 12.8. The van der Waals surface area contributed by atoms with E-state index in [9.17, 15) is 18.0 Å². The van der Waals surface area contributed by atoms with E-state index in [1.807, 2.05) is 11.8 Å². The number of nitrogens with one attached hydrogen (secondary N) is 1. The highest BCUT2D eigenvalue weighted by atomic mass is 32.2. The molecule has 2 amide bonds. The normalized spacial score (nSPS) is 22.4. The second kappa shape index (κ2) is 8.09. The fourth-order valence-electron chi connectivity index (χ4n) is 4.56. The van der Waals surface area contributed by atoms with Crippen LogP contribution < -0.4 is 10.2 Å². The van der Waals surface area contributed by atoms with Crippen LogP contribution in [0, 0.1) is 5.92 Å². The third-order valence-electron chi connectivity index (χ3n) is 6.36. The lowest BCUT2D eigenvalue weighted by Gasteiger charge is -2.23. The van der Waals surface area contributed by atoms with Crippen molar-refractivity contribution in [2.75, 3.05) is 10.7 Å². The molecule has 0 bridgehead atoms. The van der Waals surface area contributed by atoms with Crippen molar-refractivity contribution in [3.05, 3.63) is 23.8 Å². The van der Waals surface area contributed by atoms with Crippen molar-refractivity contribution in [3.63, 3.8) is 0 Å². The molecule has 2 fully saturated rings. The van der Waals surface area contributed by atoms with E-state index in [4.69, 9.17) is 0 Å². The van der Waals surface area contributed by atoms with Gasteiger partial charge in [0.2, 0.25) is 11.8 Å². The summed E-state index contributed by atoms with van der Waals surface area (Å²) in [5, 5.41) is 2.98. The minimum Gasteiger partial charge on any atom is -0.353 e. The zero-order valence-electron chi connectivity index (χ0n) is 17.0. The molecular formula is C22H30N2O4S. The molecule has 2 saturated carbocycles. The lowest BCUT2D eigenvalue weighted by Crippen LogP contribution is -2.37. The third kappa shape index (κ3) is 4.49. The molecule has 4 rings (SSSR count). The van der Waals surface area contributed by atoms with Crippen LogP contribution in [0.3, 0.4) is 0 Å². The van der Waals surface area contributed by atoms with Gasteiger partial charge in [0.15, 0.2) is 9.84 Å². The summed E-state index contributed by atoms with van der Waals surface area (Å²) in [6.07, 6.45) is 7.97. The van der Waals surface area contributed by atoms with Crippen molar-refractivity contribution in [1.29, 1.82) is 0 Å². The lowest BCUT2D eigenvalue weighted by atomic mass is 9.95. The predicted molar refractivity (Wildman–Crippen MR) is 112 cm³/mol. The summed E-state index contributed by atoms with van der Waals surface area (Å²) in [7, 11) is -3.54. The molecule has 1 heterocycles. The maximum absolute atomic E-state index is 12.8. The van der Waals surface area contributed by atoms with Crippen LogP contribution in [0.15, 0.2) is 23.1 Å². The number of carbonyl (C=O) groups is 2. The van der Waals surface area contributed by atoms with Crippen LogP contribution in [0.4, 0.5) is 5.69 Å². The van der Waals surface area contributed by atoms with Gasteiger partial charge >= 0.3 is 0 Å². The van der Waals surface area contributed by atoms with Crippen LogP contribution in [0.25, 0.3) is 0 Å². The molecule has 1 aliphatic heterocycles. The van der Waals surface area contributed by atoms with E-state index in [2.05, 4.69) is 5.32 Å². The number of nitrogens with zero attached hydrogens (tertiary/aromatic N) is 1. The summed E-state index contributed by atoms with van der Waals surface area (Å²) in [6.45, 7) is 2.00. The molecule has 0 saturated heterocycles. The largest absolute Gasteiger partial charge is 0.353 e. The molecule has 0 aromatic heterocycles. The van der Waals surface area contributed by atoms with Crippen molar-refractivity contribution >= 4 is 27.3 Å². The van der Waals surface area contributed by atoms with E-state index in [0.29, 0.717) is 6.42 Å². The van der Waals surface area contributed by atoms with E-state index in [1.54, 1.807) is 18.2 Å². The first-order valence-electron chi connectivity index (χ1n) is 10.8. The highest BCUT2D eigenvalue weighted by Gasteiger charge is 2.39. The predicted octanol–water partition coefficient (Wildman–Crippen LogP) is 2.99. The van der Waals surface area contributed by atoms with Crippen molar-refractivity contribution < 1.29 is 18.0 Å². The molecule has 6 nitrogen and oxygen atoms in total. The van der Waals surface area contributed by atoms with Crippen molar-refractivity contribution in [3.8, 4) is 0 Å². The Morgan fingerprint density at radius 2 is 1.83 bits per heavy atom. The highest BCUT2D eigenvalue weighted by molar-refractivity contribution is 7.91. The SMILES string of the molecule is C[C@H]1Cc2cc(S(=O)(=O)CCC(=O)NC3CCCCC3)ccc2N1C(=O)C1CC1. The molecule has 1 atom stereocenters. The molecule has 2 aliphatic carbocycles. The molecule has 3 aliphatic rings. The molecule has 7 heteroatoms. The summed E-state index contributed by atoms with van der Waals surface area (Å²) >= 11 is 0. The molecule has 0 unspecified atom stereocenters. The van der Waals surface area contributed by atoms with Gasteiger partial charge in [0.25, 0.3) is 0 Å². The van der Waals surface area contributed by atoms with Crippen LogP contribution in [0.5, 0.6) is 0 Å². The standard InChI is InChI=1S/C22H30N2O4S/c1-15-13-17-14-19(9-10-20(17)24(15)22(26)16-7-8-16)29(27,28)12-11-21(25)23-18-5-3-2-4-6-18/h9-10,14-16,18H,2-8,11-13H2,1H3,(H,23,25)/t15-/m0/s1. The van der Waals surface area contributed by atoms with Crippen LogP contribution >= 0.6 is 0 Å². The lowest BCUT2D eigenvalue weighted by molar-refractivity contribution is -0.121. The van der Waals surface area contributed by atoms with E-state index in [1.165, 1.54) is 6.42 Å². The fraction of sp³-hybridized carbons (Fsp3) is 0.636. The van der Waals surface area contributed by atoms with Crippen molar-refractivity contribution in [2.45, 2.75) is 81.7 Å². The number of fused-ring (bicyclic) bond motifs is 1. The second-order valence-electron chi connectivity index (χ2n) is 8.80. The fourth-order valence-corrected chi connectivity index (χ4v) is 5.84. The molecular weight excluding hydrogens is 388 g/mol. The van der Waals surface area contributed by atoms with Gasteiger partial charge in [0, 0.05) is 30.1 Å². The molecule has 0 spiro atoms. The van der Waals surface area contributed by atoms with Crippen LogP contribution in [-0.2, 0) is 25.8 Å². The first-order valence-corrected chi connectivity index (χ1v) is 12.5. The van der Waals surface area contributed by atoms with Gasteiger partial charge in [-0.25, -0.2) is 8.42 Å². The van der Waals surface area contributed by atoms with Gasteiger partial charge in [-0.2, -0.15) is 0 Å². The maximum Gasteiger partial charge on any atom is 0.230 e. The molecule has 1 aromatic carbocycles. The van der Waals surface area contributed by atoms with Crippen LogP contribution in [0.2, 0.25) is 0 Å². The number of anilines is 1. The Balaban J connectivity index is 1.40. The Kier molecular flexibility index (Phi) is 5.69. The summed E-state index contributed by atoms with van der Waals surface area (Å²) in [5.41, 5.74) is 1.74. The molecule has 1 N–H and O–H groups in total. The Hall–Kier alpha value is -1.89. The van der Waals surface area contributed by atoms with E-state index in [-0.39, 0.29) is 46.9 Å². The molecule has 1 aromatic rings. The summed E-state index contributed by atoms with van der Waals surface area (Å²) in [4.78, 5) is 26.8. The third-order valence-corrected chi connectivity index (χ3v) is 8.07. The number of amides is 2. The zero-order valence-corrected chi connectivity index (χ0v) is 17.8. The molecule has 29 heavy (non-hydrogen) atoms. The Morgan fingerprint density at radius 1 is 1.10 bits per heavy atom. The summed E-state index contributed by atoms with van der Waals surface area (Å²) < 4.78 is 25.6. The number of hydrogen-bond donors (Lipinski definition) is 1. The van der Waals surface area contributed by atoms with Gasteiger partial charge in [-0.3, -0.25) is 9.59 Å². The minimum absolute atomic E-state index is 0.0153. The van der Waals surface area contributed by atoms with Gasteiger partial charge in [-0.05, 0) is 62.8 Å². The van der Waals surface area contributed by atoms with Gasteiger partial charge < -0.3 is 10.2 Å². The highest BCUT2D eigenvalue weighted by Crippen LogP contribution is 2.39. The number of sulfone groups is 1. The van der Waals surface area contributed by atoms with E-state index < -0.39 is 9.84 Å². The van der Waals surface area contributed by atoms with Gasteiger partial charge in [-0.1, -0.05) is 19.3 Å². The monoisotopic (exact) mass is 418 g/mol. The minimum atomic E-state index is -3.54. The second-order valence-corrected chi connectivity index (χ2v) is 10.9. The number of rotatable bonds is 6. The van der Waals surface area contributed by atoms with Crippen molar-refractivity contribution in [2.24, 2.45) is 5.92 Å². The number of carbonyl (C=O) groups excluding carboxylic acids is 2. The van der Waals surface area contributed by atoms with E-state index in [0.717, 1.165) is 49.8 Å². The van der Waals surface area contributed by atoms with Gasteiger partial charge in [-0.15, -0.1) is 0 Å². The Morgan fingerprint density at radius 3 is 2.52 bits per heavy atom. The molecule has 158 valence electrons. The van der Waals surface area contributed by atoms with Gasteiger partial charge in [0.1, 0.15) is 0 Å². The first kappa shape index (κ1) is 20.4. The zero-order chi connectivity index (χ0) is 20.6. The van der Waals surface area contributed by atoms with E-state index >= 15 is 0 Å². The topological polar surface area (TPSA) is 83.6 Å². The quantitative estimate of drug-likeness (QED) is 0.770. The average Bonchev–Trinajstić information content (AvgIpc) is 3.49. The smallest absolute Gasteiger partial charge is 0.230 e.